The number of ether oxygens (including phenoxy) is 1. The highest BCUT2D eigenvalue weighted by atomic mass is 32.2. The number of hydrogen-bond acceptors (Lipinski definition) is 8. The smallest absolute Gasteiger partial charge is 0.289 e. The molecule has 40 heavy (non-hydrogen) atoms. The first-order valence-corrected chi connectivity index (χ1v) is 14.9. The second kappa shape index (κ2) is 14.7. The number of carbonyl (C=O) groups is 4. The highest BCUT2D eigenvalue weighted by molar-refractivity contribution is 7.92. The molecule has 2 aromatic rings. The van der Waals surface area contributed by atoms with Crippen molar-refractivity contribution in [3.8, 4) is 0 Å². The summed E-state index contributed by atoms with van der Waals surface area (Å²) in [6.45, 7) is 3.02. The number of benzene rings is 1. The van der Waals surface area contributed by atoms with Gasteiger partial charge in [-0.15, -0.1) is 0 Å². The van der Waals surface area contributed by atoms with Gasteiger partial charge in [-0.1, -0.05) is 43.3 Å². The fourth-order valence-electron chi connectivity index (χ4n) is 4.48. The topological polar surface area (TPSA) is 143 Å². The van der Waals surface area contributed by atoms with E-state index in [-0.39, 0.29) is 13.0 Å². The molecule has 0 radical (unpaired) electrons. The number of morpholine rings is 1. The summed E-state index contributed by atoms with van der Waals surface area (Å²) in [5.74, 6) is -3.58. The molecule has 3 rings (SSSR count). The van der Waals surface area contributed by atoms with Crippen molar-refractivity contribution in [1.82, 2.24) is 20.1 Å². The largest absolute Gasteiger partial charge is 0.378 e. The van der Waals surface area contributed by atoms with E-state index in [1.165, 1.54) is 11.9 Å². The van der Waals surface area contributed by atoms with E-state index in [1.54, 1.807) is 55.6 Å². The number of pyridine rings is 1. The van der Waals surface area contributed by atoms with Crippen LogP contribution >= 0.6 is 0 Å². The maximum atomic E-state index is 13.7. The first-order chi connectivity index (χ1) is 19.1. The molecule has 1 fully saturated rings. The van der Waals surface area contributed by atoms with Crippen LogP contribution in [0.15, 0.2) is 54.7 Å². The molecule has 1 aromatic carbocycles. The Morgan fingerprint density at radius 2 is 1.73 bits per heavy atom. The minimum Gasteiger partial charge on any atom is -0.378 e. The quantitative estimate of drug-likeness (QED) is 0.347. The molecule has 0 saturated carbocycles. The third kappa shape index (κ3) is 8.43. The SMILES string of the molecule is CCC(C(=O)C(=O)NCCc1ccccn1)N(C)C(=O)[C@H](CC(=O)N1CCOCC1)S(=O)(=O)Cc1ccccc1. The van der Waals surface area contributed by atoms with Crippen molar-refractivity contribution in [2.45, 2.75) is 43.2 Å². The highest BCUT2D eigenvalue weighted by Crippen LogP contribution is 2.20. The Morgan fingerprint density at radius 3 is 2.35 bits per heavy atom. The number of nitrogens with zero attached hydrogens (tertiary/aromatic N) is 3. The molecule has 1 aromatic heterocycles. The predicted octanol–water partition coefficient (Wildman–Crippen LogP) is 0.779. The number of sulfone groups is 1. The number of aromatic nitrogens is 1. The molecular weight excluding hydrogens is 536 g/mol. The molecule has 1 aliphatic rings. The number of carbonyl (C=O) groups excluding carboxylic acids is 4. The zero-order valence-electron chi connectivity index (χ0n) is 22.8. The molecule has 1 unspecified atom stereocenters. The first kappa shape index (κ1) is 30.9. The van der Waals surface area contributed by atoms with Crippen LogP contribution < -0.4 is 5.32 Å². The zero-order valence-corrected chi connectivity index (χ0v) is 23.6. The molecule has 2 heterocycles. The molecule has 1 N–H and O–H groups in total. The van der Waals surface area contributed by atoms with Gasteiger partial charge in [0.1, 0.15) is 5.25 Å². The van der Waals surface area contributed by atoms with Crippen LogP contribution in [0.3, 0.4) is 0 Å². The van der Waals surface area contributed by atoms with Gasteiger partial charge in [-0.25, -0.2) is 8.42 Å². The molecule has 0 spiro atoms. The van der Waals surface area contributed by atoms with Crippen LogP contribution in [0.2, 0.25) is 0 Å². The summed E-state index contributed by atoms with van der Waals surface area (Å²) in [6, 6.07) is 12.5. The molecule has 1 saturated heterocycles. The van der Waals surface area contributed by atoms with E-state index in [1.807, 2.05) is 6.07 Å². The monoisotopic (exact) mass is 572 g/mol. The van der Waals surface area contributed by atoms with E-state index in [0.717, 1.165) is 10.6 Å². The van der Waals surface area contributed by atoms with Crippen molar-refractivity contribution in [3.05, 3.63) is 66.0 Å². The summed E-state index contributed by atoms with van der Waals surface area (Å²) in [6.07, 6.45) is 1.55. The number of amides is 3. The Bertz CT molecular complexity index is 1270. The van der Waals surface area contributed by atoms with Crippen molar-refractivity contribution >= 4 is 33.3 Å². The summed E-state index contributed by atoms with van der Waals surface area (Å²) < 4.78 is 32.4. The van der Waals surface area contributed by atoms with Crippen LogP contribution in [0.4, 0.5) is 0 Å². The van der Waals surface area contributed by atoms with Gasteiger partial charge >= 0.3 is 0 Å². The van der Waals surface area contributed by atoms with Gasteiger partial charge in [0, 0.05) is 45.0 Å². The van der Waals surface area contributed by atoms with E-state index >= 15 is 0 Å². The van der Waals surface area contributed by atoms with E-state index in [4.69, 9.17) is 4.74 Å². The fourth-order valence-corrected chi connectivity index (χ4v) is 6.21. The maximum Gasteiger partial charge on any atom is 0.289 e. The Labute approximate surface area is 234 Å². The molecule has 0 aliphatic carbocycles. The van der Waals surface area contributed by atoms with Gasteiger partial charge in [0.2, 0.25) is 17.6 Å². The minimum absolute atomic E-state index is 0.0809. The van der Waals surface area contributed by atoms with Gasteiger partial charge in [0.05, 0.1) is 31.4 Å². The van der Waals surface area contributed by atoms with E-state index in [2.05, 4.69) is 10.3 Å². The molecule has 3 amide bonds. The Balaban J connectivity index is 1.76. The predicted molar refractivity (Wildman–Crippen MR) is 148 cm³/mol. The standard InChI is InChI=1S/C28H36N4O7S/c1-3-23(26(34)27(35)30-14-12-22-11-7-8-13-29-22)31(2)28(36)24(19-25(33)32-15-17-39-18-16-32)40(37,38)20-21-9-5-4-6-10-21/h4-11,13,23-24H,3,12,14-20H2,1-2H3,(H,30,35)/t23?,24-/m0/s1. The van der Waals surface area contributed by atoms with Gasteiger partial charge in [-0.3, -0.25) is 24.2 Å². The average Bonchev–Trinajstić information content (AvgIpc) is 2.96. The van der Waals surface area contributed by atoms with Gasteiger partial charge in [-0.2, -0.15) is 0 Å². The van der Waals surface area contributed by atoms with E-state index in [9.17, 15) is 27.6 Å². The molecule has 11 nitrogen and oxygen atoms in total. The van der Waals surface area contributed by atoms with Crippen molar-refractivity contribution in [3.63, 3.8) is 0 Å². The minimum atomic E-state index is -4.17. The van der Waals surface area contributed by atoms with Crippen LogP contribution in [0.25, 0.3) is 0 Å². The first-order valence-electron chi connectivity index (χ1n) is 13.2. The van der Waals surface area contributed by atoms with Crippen LogP contribution in [-0.4, -0.2) is 97.9 Å². The Hall–Kier alpha value is -3.64. The van der Waals surface area contributed by atoms with Crippen LogP contribution in [0.1, 0.15) is 31.0 Å². The number of nitrogens with one attached hydrogen (secondary N) is 1. The number of hydrogen-bond donors (Lipinski definition) is 1. The summed E-state index contributed by atoms with van der Waals surface area (Å²) in [5.41, 5.74) is 1.21. The Morgan fingerprint density at radius 1 is 1.05 bits per heavy atom. The highest BCUT2D eigenvalue weighted by Gasteiger charge is 2.41. The summed E-state index contributed by atoms with van der Waals surface area (Å²) in [5, 5.41) is 0.829. The van der Waals surface area contributed by atoms with E-state index in [0.29, 0.717) is 38.3 Å². The van der Waals surface area contributed by atoms with Gasteiger partial charge in [-0.05, 0) is 24.1 Å². The molecular formula is C28H36N4O7S. The van der Waals surface area contributed by atoms with Crippen molar-refractivity contribution < 1.29 is 32.3 Å². The average molecular weight is 573 g/mol. The summed E-state index contributed by atoms with van der Waals surface area (Å²) in [4.78, 5) is 59.0. The lowest BCUT2D eigenvalue weighted by Crippen LogP contribution is -2.53. The summed E-state index contributed by atoms with van der Waals surface area (Å²) in [7, 11) is -2.88. The molecule has 12 heteroatoms. The summed E-state index contributed by atoms with van der Waals surface area (Å²) >= 11 is 0. The molecule has 1 aliphatic heterocycles. The lowest BCUT2D eigenvalue weighted by molar-refractivity contribution is -0.145. The van der Waals surface area contributed by atoms with Gasteiger partial charge in [0.15, 0.2) is 9.84 Å². The van der Waals surface area contributed by atoms with Gasteiger partial charge in [0.25, 0.3) is 5.91 Å². The fraction of sp³-hybridized carbons (Fsp3) is 0.464. The van der Waals surface area contributed by atoms with Crippen molar-refractivity contribution in [2.75, 3.05) is 39.9 Å². The normalized spacial score (nSPS) is 15.1. The number of Topliss-reactive ketones (excluding diaryl/α,β-unsaturated/α-hetero) is 1. The second-order valence-corrected chi connectivity index (χ2v) is 11.7. The van der Waals surface area contributed by atoms with Crippen molar-refractivity contribution in [2.24, 2.45) is 0 Å². The van der Waals surface area contributed by atoms with E-state index < -0.39 is 56.8 Å². The van der Waals surface area contributed by atoms with Crippen LogP contribution in [0, 0.1) is 0 Å². The molecule has 0 bridgehead atoms. The number of ketones is 1. The molecule has 2 atom stereocenters. The Kier molecular flexibility index (Phi) is 11.3. The number of likely N-dealkylation sites (N-methyl/N-ethyl adjacent to an activating group) is 1. The number of rotatable bonds is 13. The lowest BCUT2D eigenvalue weighted by Gasteiger charge is -2.31. The zero-order chi connectivity index (χ0) is 29.1. The third-order valence-corrected chi connectivity index (χ3v) is 8.74. The molecule has 216 valence electrons. The second-order valence-electron chi connectivity index (χ2n) is 9.54. The van der Waals surface area contributed by atoms with Gasteiger partial charge < -0.3 is 19.9 Å². The third-order valence-electron chi connectivity index (χ3n) is 6.76. The van der Waals surface area contributed by atoms with Crippen LogP contribution in [0.5, 0.6) is 0 Å². The van der Waals surface area contributed by atoms with Crippen molar-refractivity contribution in [1.29, 1.82) is 0 Å². The maximum absolute atomic E-state index is 13.7. The van der Waals surface area contributed by atoms with Crippen LogP contribution in [-0.2, 0) is 45.9 Å². The lowest BCUT2D eigenvalue weighted by atomic mass is 10.1.